The van der Waals surface area contributed by atoms with Gasteiger partial charge in [-0.1, -0.05) is 6.92 Å². The molecule has 0 saturated heterocycles. The first-order valence-electron chi connectivity index (χ1n) is 3.10. The normalized spacial score (nSPS) is 14.1. The van der Waals surface area contributed by atoms with Gasteiger partial charge in [0, 0.05) is 0 Å². The zero-order chi connectivity index (χ0) is 8.91. The maximum atomic E-state index is 11.8. The monoisotopic (exact) mass is 183 g/mol. The van der Waals surface area contributed by atoms with Crippen LogP contribution >= 0.6 is 11.8 Å². The molecule has 0 heterocycles. The van der Waals surface area contributed by atoms with Gasteiger partial charge in [0.2, 0.25) is 0 Å². The summed E-state index contributed by atoms with van der Waals surface area (Å²) in [6.45, 7) is 1.78. The maximum absolute atomic E-state index is 11.8. The minimum Gasteiger partial charge on any atom is -0.197 e. The van der Waals surface area contributed by atoms with E-state index in [1.165, 1.54) is 6.07 Å². The van der Waals surface area contributed by atoms with E-state index < -0.39 is 11.4 Å². The van der Waals surface area contributed by atoms with Gasteiger partial charge in [0.15, 0.2) is 5.25 Å². The number of hydrogen-bond donors (Lipinski definition) is 0. The number of alkyl halides is 3. The quantitative estimate of drug-likeness (QED) is 0.671. The van der Waals surface area contributed by atoms with Gasteiger partial charge in [0.25, 0.3) is 0 Å². The Labute approximate surface area is 67.6 Å². The lowest BCUT2D eigenvalue weighted by Gasteiger charge is -2.11. The van der Waals surface area contributed by atoms with Gasteiger partial charge < -0.3 is 0 Å². The van der Waals surface area contributed by atoms with E-state index >= 15 is 0 Å². The molecule has 1 nitrogen and oxygen atoms in total. The molecule has 0 saturated carbocycles. The molecule has 0 amide bonds. The lowest BCUT2D eigenvalue weighted by atomic mass is 10.5. The van der Waals surface area contributed by atoms with Crippen LogP contribution in [-0.4, -0.2) is 17.2 Å². The number of thioether (sulfide) groups is 1. The summed E-state index contributed by atoms with van der Waals surface area (Å²) in [5.41, 5.74) is 0. The van der Waals surface area contributed by atoms with Crippen molar-refractivity contribution in [3.63, 3.8) is 0 Å². The fourth-order valence-electron chi connectivity index (χ4n) is 0.441. The predicted molar refractivity (Wildman–Crippen MR) is 38.2 cm³/mol. The lowest BCUT2D eigenvalue weighted by Crippen LogP contribution is -2.24. The molecule has 0 rings (SSSR count). The van der Waals surface area contributed by atoms with Gasteiger partial charge in [0.1, 0.15) is 0 Å². The number of nitriles is 1. The third-order valence-electron chi connectivity index (χ3n) is 0.903. The fraction of sp³-hybridized carbons (Fsp3) is 0.833. The van der Waals surface area contributed by atoms with Gasteiger partial charge in [-0.15, -0.1) is 11.8 Å². The van der Waals surface area contributed by atoms with Crippen molar-refractivity contribution in [2.75, 3.05) is 5.75 Å². The van der Waals surface area contributed by atoms with Crippen molar-refractivity contribution in [1.29, 1.82) is 5.26 Å². The molecule has 0 aromatic carbocycles. The number of hydrogen-bond acceptors (Lipinski definition) is 2. The van der Waals surface area contributed by atoms with Crippen molar-refractivity contribution in [2.45, 2.75) is 24.8 Å². The predicted octanol–water partition coefficient (Wildman–Crippen LogP) is 2.58. The summed E-state index contributed by atoms with van der Waals surface area (Å²) >= 11 is 0.642. The molecule has 0 aliphatic heterocycles. The molecule has 0 aromatic heterocycles. The van der Waals surface area contributed by atoms with Gasteiger partial charge in [0.05, 0.1) is 6.07 Å². The Morgan fingerprint density at radius 2 is 2.09 bits per heavy atom. The summed E-state index contributed by atoms with van der Waals surface area (Å²) < 4.78 is 35.4. The minimum absolute atomic E-state index is 0.373. The third-order valence-corrected chi connectivity index (χ3v) is 2.25. The fourth-order valence-corrected chi connectivity index (χ4v) is 1.18. The molecule has 1 atom stereocenters. The van der Waals surface area contributed by atoms with Crippen molar-refractivity contribution in [2.24, 2.45) is 0 Å². The third kappa shape index (κ3) is 4.14. The first kappa shape index (κ1) is 10.6. The summed E-state index contributed by atoms with van der Waals surface area (Å²) in [6, 6.07) is 1.21. The first-order chi connectivity index (χ1) is 5.02. The van der Waals surface area contributed by atoms with Crippen molar-refractivity contribution < 1.29 is 13.2 Å². The Morgan fingerprint density at radius 3 is 2.36 bits per heavy atom. The van der Waals surface area contributed by atoms with Gasteiger partial charge in [-0.2, -0.15) is 18.4 Å². The standard InChI is InChI=1S/C6H8F3NS/c1-2-3-11-5(4-10)6(7,8)9/h5H,2-3H2,1H3. The molecule has 0 bridgehead atoms. The Hall–Kier alpha value is -0.370. The molecule has 5 heteroatoms. The minimum atomic E-state index is -4.38. The van der Waals surface area contributed by atoms with Gasteiger partial charge in [-0.05, 0) is 12.2 Å². The van der Waals surface area contributed by atoms with Gasteiger partial charge in [-0.25, -0.2) is 0 Å². The number of rotatable bonds is 3. The maximum Gasteiger partial charge on any atom is 0.413 e. The second-order valence-corrected chi connectivity index (χ2v) is 3.13. The molecule has 0 N–H and O–H groups in total. The van der Waals surface area contributed by atoms with E-state index in [9.17, 15) is 13.2 Å². The van der Waals surface area contributed by atoms with Crippen molar-refractivity contribution >= 4 is 11.8 Å². The van der Waals surface area contributed by atoms with Crippen molar-refractivity contribution in [1.82, 2.24) is 0 Å². The molecule has 0 aliphatic carbocycles. The summed E-state index contributed by atoms with van der Waals surface area (Å²) in [6.07, 6.45) is -3.73. The Kier molecular flexibility index (Phi) is 4.34. The highest BCUT2D eigenvalue weighted by Crippen LogP contribution is 2.29. The topological polar surface area (TPSA) is 23.8 Å². The molecule has 11 heavy (non-hydrogen) atoms. The van der Waals surface area contributed by atoms with Crippen LogP contribution in [0.5, 0.6) is 0 Å². The van der Waals surface area contributed by atoms with Crippen molar-refractivity contribution in [3.8, 4) is 6.07 Å². The molecule has 1 unspecified atom stereocenters. The van der Waals surface area contributed by atoms with Crippen LogP contribution in [0.4, 0.5) is 13.2 Å². The van der Waals surface area contributed by atoms with Crippen molar-refractivity contribution in [3.05, 3.63) is 0 Å². The summed E-state index contributed by atoms with van der Waals surface area (Å²) in [5.74, 6) is 0.373. The van der Waals surface area contributed by atoms with Gasteiger partial charge in [-0.3, -0.25) is 0 Å². The number of halogens is 3. The van der Waals surface area contributed by atoms with E-state index in [-0.39, 0.29) is 0 Å². The van der Waals surface area contributed by atoms with E-state index in [1.54, 1.807) is 6.92 Å². The van der Waals surface area contributed by atoms with Crippen LogP contribution in [0.2, 0.25) is 0 Å². The highest BCUT2D eigenvalue weighted by Gasteiger charge is 2.39. The molecule has 64 valence electrons. The van der Waals surface area contributed by atoms with E-state index in [0.29, 0.717) is 23.9 Å². The van der Waals surface area contributed by atoms with Crippen LogP contribution in [0.3, 0.4) is 0 Å². The Morgan fingerprint density at radius 1 is 1.55 bits per heavy atom. The molecule has 0 aromatic rings. The summed E-state index contributed by atoms with van der Waals surface area (Å²) in [7, 11) is 0. The second-order valence-electron chi connectivity index (χ2n) is 1.92. The first-order valence-corrected chi connectivity index (χ1v) is 4.15. The van der Waals surface area contributed by atoms with Crippen LogP contribution in [0, 0.1) is 11.3 Å². The van der Waals surface area contributed by atoms with Crippen LogP contribution in [0.15, 0.2) is 0 Å². The molecule has 0 fully saturated rings. The largest absolute Gasteiger partial charge is 0.413 e. The van der Waals surface area contributed by atoms with Gasteiger partial charge >= 0.3 is 6.18 Å². The van der Waals surface area contributed by atoms with Crippen LogP contribution in [0.25, 0.3) is 0 Å². The smallest absolute Gasteiger partial charge is 0.197 e. The molecule has 0 spiro atoms. The summed E-state index contributed by atoms with van der Waals surface area (Å²) in [5, 5.41) is 6.24. The summed E-state index contributed by atoms with van der Waals surface area (Å²) in [4.78, 5) is 0. The van der Waals surface area contributed by atoms with E-state index in [2.05, 4.69) is 0 Å². The molecular weight excluding hydrogens is 175 g/mol. The zero-order valence-electron chi connectivity index (χ0n) is 5.98. The van der Waals surface area contributed by atoms with E-state index in [1.807, 2.05) is 0 Å². The molecule has 0 aliphatic rings. The SMILES string of the molecule is CCCSC(C#N)C(F)(F)F. The van der Waals surface area contributed by atoms with Crippen LogP contribution in [-0.2, 0) is 0 Å². The second kappa shape index (κ2) is 4.50. The molecule has 0 radical (unpaired) electrons. The lowest BCUT2D eigenvalue weighted by molar-refractivity contribution is -0.118. The van der Waals surface area contributed by atoms with Crippen LogP contribution < -0.4 is 0 Å². The van der Waals surface area contributed by atoms with E-state index in [4.69, 9.17) is 5.26 Å². The average Bonchev–Trinajstić information content (AvgIpc) is 1.87. The van der Waals surface area contributed by atoms with Crippen LogP contribution in [0.1, 0.15) is 13.3 Å². The highest BCUT2D eigenvalue weighted by atomic mass is 32.2. The van der Waals surface area contributed by atoms with E-state index in [0.717, 1.165) is 0 Å². The average molecular weight is 183 g/mol. The number of nitrogens with zero attached hydrogens (tertiary/aromatic N) is 1. The molecular formula is C6H8F3NS. The Balaban J connectivity index is 3.89. The highest BCUT2D eigenvalue weighted by molar-refractivity contribution is 8.00. The Bertz CT molecular complexity index is 149. The zero-order valence-corrected chi connectivity index (χ0v) is 6.80.